The molecule has 1 aromatic carbocycles. The summed E-state index contributed by atoms with van der Waals surface area (Å²) < 4.78 is 21.7. The molecule has 0 aliphatic rings. The van der Waals surface area contributed by atoms with Crippen LogP contribution in [0.4, 0.5) is 0 Å². The van der Waals surface area contributed by atoms with Crippen LogP contribution in [0.15, 0.2) is 35.3 Å². The molecule has 0 unspecified atom stereocenters. The summed E-state index contributed by atoms with van der Waals surface area (Å²) in [6, 6.07) is 9.82. The summed E-state index contributed by atoms with van der Waals surface area (Å²) in [7, 11) is -3.45. The molecule has 7 heteroatoms. The Morgan fingerprint density at radius 1 is 1.26 bits per heavy atom. The van der Waals surface area contributed by atoms with Crippen molar-refractivity contribution in [2.45, 2.75) is 13.5 Å². The zero-order chi connectivity index (χ0) is 14.1. The Morgan fingerprint density at radius 2 is 1.95 bits per heavy atom. The lowest BCUT2D eigenvalue weighted by atomic mass is 10.2. The average molecular weight is 284 g/mol. The molecule has 1 aromatic rings. The second-order valence-corrected chi connectivity index (χ2v) is 5.71. The number of sulfonamides is 1. The number of nitrogens with zero attached hydrogens (tertiary/aromatic N) is 1. The van der Waals surface area contributed by atoms with Gasteiger partial charge in [-0.25, -0.2) is 18.5 Å². The number of aliphatic imine (C=N–C) groups is 1. The SMILES string of the molecule is CCNC(=NCc1ccccc1)NCCS(N)(=O)=O. The van der Waals surface area contributed by atoms with Gasteiger partial charge in [0.05, 0.1) is 12.3 Å². The number of guanidine groups is 1. The van der Waals surface area contributed by atoms with E-state index in [1.807, 2.05) is 37.3 Å². The summed E-state index contributed by atoms with van der Waals surface area (Å²) in [4.78, 5) is 4.36. The Labute approximate surface area is 114 Å². The summed E-state index contributed by atoms with van der Waals surface area (Å²) in [5.74, 6) is 0.456. The Bertz CT molecular complexity index is 500. The number of nitrogens with one attached hydrogen (secondary N) is 2. The van der Waals surface area contributed by atoms with Crippen molar-refractivity contribution in [2.24, 2.45) is 10.1 Å². The van der Waals surface area contributed by atoms with Crippen LogP contribution in [0.5, 0.6) is 0 Å². The summed E-state index contributed by atoms with van der Waals surface area (Å²) in [6.07, 6.45) is 0. The van der Waals surface area contributed by atoms with E-state index in [9.17, 15) is 8.42 Å². The predicted octanol–water partition coefficient (Wildman–Crippen LogP) is 0.0302. The summed E-state index contributed by atoms with van der Waals surface area (Å²) in [6.45, 7) is 3.42. The van der Waals surface area contributed by atoms with Crippen LogP contribution in [0.2, 0.25) is 0 Å². The minimum absolute atomic E-state index is 0.122. The van der Waals surface area contributed by atoms with E-state index >= 15 is 0 Å². The lowest BCUT2D eigenvalue weighted by molar-refractivity contribution is 0.596. The third-order valence-electron chi connectivity index (χ3n) is 2.29. The predicted molar refractivity (Wildman–Crippen MR) is 77.2 cm³/mol. The molecule has 106 valence electrons. The Morgan fingerprint density at radius 3 is 2.53 bits per heavy atom. The van der Waals surface area contributed by atoms with Gasteiger partial charge in [0, 0.05) is 13.1 Å². The fourth-order valence-electron chi connectivity index (χ4n) is 1.41. The number of primary sulfonamides is 1. The van der Waals surface area contributed by atoms with Gasteiger partial charge in [0.2, 0.25) is 10.0 Å². The van der Waals surface area contributed by atoms with Gasteiger partial charge in [0.1, 0.15) is 0 Å². The third-order valence-corrected chi connectivity index (χ3v) is 3.06. The molecule has 19 heavy (non-hydrogen) atoms. The third kappa shape index (κ3) is 7.43. The topological polar surface area (TPSA) is 96.6 Å². The number of hydrogen-bond donors (Lipinski definition) is 3. The number of rotatable bonds is 6. The van der Waals surface area contributed by atoms with E-state index in [4.69, 9.17) is 5.14 Å². The fourth-order valence-corrected chi connectivity index (χ4v) is 1.79. The molecule has 0 aliphatic heterocycles. The molecule has 0 heterocycles. The van der Waals surface area contributed by atoms with Crippen LogP contribution in [-0.4, -0.2) is 33.2 Å². The molecule has 0 saturated carbocycles. The van der Waals surface area contributed by atoms with E-state index in [1.165, 1.54) is 0 Å². The number of hydrogen-bond acceptors (Lipinski definition) is 3. The van der Waals surface area contributed by atoms with Crippen molar-refractivity contribution >= 4 is 16.0 Å². The second-order valence-electron chi connectivity index (χ2n) is 3.97. The van der Waals surface area contributed by atoms with Gasteiger partial charge in [0.15, 0.2) is 5.96 Å². The first kappa shape index (κ1) is 15.5. The lowest BCUT2D eigenvalue weighted by Gasteiger charge is -2.10. The molecule has 6 nitrogen and oxygen atoms in total. The largest absolute Gasteiger partial charge is 0.357 e. The van der Waals surface area contributed by atoms with Crippen LogP contribution in [0.1, 0.15) is 12.5 Å². The minimum Gasteiger partial charge on any atom is -0.357 e. The van der Waals surface area contributed by atoms with E-state index < -0.39 is 10.0 Å². The van der Waals surface area contributed by atoms with Crippen molar-refractivity contribution in [3.8, 4) is 0 Å². The van der Waals surface area contributed by atoms with Crippen LogP contribution >= 0.6 is 0 Å². The van der Waals surface area contributed by atoms with Gasteiger partial charge < -0.3 is 10.6 Å². The van der Waals surface area contributed by atoms with Crippen LogP contribution in [0.3, 0.4) is 0 Å². The van der Waals surface area contributed by atoms with Crippen molar-refractivity contribution in [1.82, 2.24) is 10.6 Å². The van der Waals surface area contributed by atoms with Crippen molar-refractivity contribution < 1.29 is 8.42 Å². The molecule has 0 aromatic heterocycles. The Balaban J connectivity index is 2.51. The average Bonchev–Trinajstić information content (AvgIpc) is 2.36. The molecular formula is C12H20N4O2S. The van der Waals surface area contributed by atoms with Gasteiger partial charge in [0.25, 0.3) is 0 Å². The van der Waals surface area contributed by atoms with Crippen LogP contribution in [-0.2, 0) is 16.6 Å². The zero-order valence-corrected chi connectivity index (χ0v) is 11.8. The molecule has 0 bridgehead atoms. The highest BCUT2D eigenvalue weighted by molar-refractivity contribution is 7.89. The van der Waals surface area contributed by atoms with Gasteiger partial charge in [-0.1, -0.05) is 30.3 Å². The molecule has 0 radical (unpaired) electrons. The fraction of sp³-hybridized carbons (Fsp3) is 0.417. The lowest BCUT2D eigenvalue weighted by Crippen LogP contribution is -2.40. The summed E-state index contributed by atoms with van der Waals surface area (Å²) >= 11 is 0. The highest BCUT2D eigenvalue weighted by atomic mass is 32.2. The molecular weight excluding hydrogens is 264 g/mol. The monoisotopic (exact) mass is 284 g/mol. The maximum absolute atomic E-state index is 10.8. The van der Waals surface area contributed by atoms with Crippen molar-refractivity contribution in [2.75, 3.05) is 18.8 Å². The first-order valence-electron chi connectivity index (χ1n) is 6.08. The second kappa shape index (κ2) is 7.75. The minimum atomic E-state index is -3.45. The zero-order valence-electron chi connectivity index (χ0n) is 11.0. The van der Waals surface area contributed by atoms with Crippen LogP contribution in [0.25, 0.3) is 0 Å². The molecule has 1 rings (SSSR count). The van der Waals surface area contributed by atoms with Crippen LogP contribution in [0, 0.1) is 0 Å². The maximum atomic E-state index is 10.8. The number of nitrogens with two attached hydrogens (primary N) is 1. The van der Waals surface area contributed by atoms with Crippen LogP contribution < -0.4 is 15.8 Å². The summed E-state index contributed by atoms with van der Waals surface area (Å²) in [5.41, 5.74) is 1.09. The van der Waals surface area contributed by atoms with E-state index in [1.54, 1.807) is 0 Å². The van der Waals surface area contributed by atoms with Crippen molar-refractivity contribution in [3.05, 3.63) is 35.9 Å². The molecule has 0 fully saturated rings. The first-order chi connectivity index (χ1) is 9.01. The molecule has 4 N–H and O–H groups in total. The van der Waals surface area contributed by atoms with E-state index in [2.05, 4.69) is 15.6 Å². The molecule has 0 saturated heterocycles. The molecule has 0 spiro atoms. The van der Waals surface area contributed by atoms with Crippen molar-refractivity contribution in [1.29, 1.82) is 0 Å². The molecule has 0 amide bonds. The van der Waals surface area contributed by atoms with Gasteiger partial charge in [-0.2, -0.15) is 0 Å². The highest BCUT2D eigenvalue weighted by Gasteiger charge is 2.03. The highest BCUT2D eigenvalue weighted by Crippen LogP contribution is 1.99. The Kier molecular flexibility index (Phi) is 6.31. The van der Waals surface area contributed by atoms with E-state index in [0.29, 0.717) is 19.0 Å². The molecule has 0 atom stereocenters. The maximum Gasteiger partial charge on any atom is 0.210 e. The smallest absolute Gasteiger partial charge is 0.210 e. The van der Waals surface area contributed by atoms with Gasteiger partial charge in [-0.3, -0.25) is 0 Å². The first-order valence-corrected chi connectivity index (χ1v) is 7.79. The Hall–Kier alpha value is -1.60. The quantitative estimate of drug-likeness (QED) is 0.507. The van der Waals surface area contributed by atoms with Gasteiger partial charge >= 0.3 is 0 Å². The number of benzene rings is 1. The summed E-state index contributed by atoms with van der Waals surface area (Å²) in [5, 5.41) is 10.9. The van der Waals surface area contributed by atoms with Gasteiger partial charge in [-0.05, 0) is 12.5 Å². The standard InChI is InChI=1S/C12H20N4O2S/c1-2-14-12(15-8-9-19(13,17)18)16-10-11-6-4-3-5-7-11/h3-7H,2,8-10H2,1H3,(H2,13,17,18)(H2,14,15,16). The van der Waals surface area contributed by atoms with Gasteiger partial charge in [-0.15, -0.1) is 0 Å². The molecule has 0 aliphatic carbocycles. The normalized spacial score (nSPS) is 12.2. The van der Waals surface area contributed by atoms with Crippen molar-refractivity contribution in [3.63, 3.8) is 0 Å². The van der Waals surface area contributed by atoms with E-state index in [0.717, 1.165) is 5.56 Å². The van der Waals surface area contributed by atoms with E-state index in [-0.39, 0.29) is 12.3 Å².